The number of aliphatic hydroxyl groups excluding tert-OH is 1. The highest BCUT2D eigenvalue weighted by molar-refractivity contribution is 5.85. The molecular weight excluding hydrogens is 120 g/mol. The van der Waals surface area contributed by atoms with E-state index in [0.717, 1.165) is 0 Å². The van der Waals surface area contributed by atoms with E-state index in [1.165, 1.54) is 6.08 Å². The number of carbonyl (C=O) groups excluding carboxylic acids is 1. The first-order valence-electron chi connectivity index (χ1n) is 2.74. The molecule has 0 fully saturated rings. The minimum absolute atomic E-state index is 0.288. The molecule has 0 rings (SSSR count). The molecule has 0 atom stereocenters. The van der Waals surface area contributed by atoms with Crippen LogP contribution in [-0.2, 0) is 9.53 Å². The maximum Gasteiger partial charge on any atom is 0.372 e. The van der Waals surface area contributed by atoms with Gasteiger partial charge in [-0.3, -0.25) is 0 Å². The van der Waals surface area contributed by atoms with Crippen molar-refractivity contribution >= 4 is 5.97 Å². The van der Waals surface area contributed by atoms with Gasteiger partial charge in [0.05, 0.1) is 6.61 Å². The summed E-state index contributed by atoms with van der Waals surface area (Å²) < 4.78 is 4.44. The van der Waals surface area contributed by atoms with Gasteiger partial charge in [0.2, 0.25) is 0 Å². The van der Waals surface area contributed by atoms with Crippen molar-refractivity contribution in [3.63, 3.8) is 0 Å². The van der Waals surface area contributed by atoms with Gasteiger partial charge in [-0.15, -0.1) is 0 Å². The zero-order valence-electron chi connectivity index (χ0n) is 5.55. The molecule has 0 aromatic heterocycles. The molecule has 0 amide bonds. The van der Waals surface area contributed by atoms with Gasteiger partial charge in [-0.1, -0.05) is 0 Å². The first-order valence-corrected chi connectivity index (χ1v) is 2.74. The van der Waals surface area contributed by atoms with Crippen LogP contribution in [0.5, 0.6) is 0 Å². The number of aliphatic hydroxyl groups is 1. The summed E-state index contributed by atoms with van der Waals surface area (Å²) in [6, 6.07) is 0. The van der Waals surface area contributed by atoms with Crippen LogP contribution in [0.3, 0.4) is 0 Å². The number of allylic oxidation sites excluding steroid dienone is 1. The van der Waals surface area contributed by atoms with Crippen molar-refractivity contribution in [3.05, 3.63) is 11.8 Å². The average Bonchev–Trinajstić information content (AvgIpc) is 1.87. The second-order valence-corrected chi connectivity index (χ2v) is 1.39. The average molecular weight is 130 g/mol. The van der Waals surface area contributed by atoms with Crippen molar-refractivity contribution in [2.45, 2.75) is 13.8 Å². The molecular formula is C6H10O3. The Hall–Kier alpha value is -0.990. The largest absolute Gasteiger partial charge is 0.502 e. The van der Waals surface area contributed by atoms with E-state index in [2.05, 4.69) is 4.74 Å². The van der Waals surface area contributed by atoms with Gasteiger partial charge in [0.25, 0.3) is 0 Å². The van der Waals surface area contributed by atoms with E-state index in [0.29, 0.717) is 0 Å². The molecule has 9 heavy (non-hydrogen) atoms. The fourth-order valence-corrected chi connectivity index (χ4v) is 0.323. The van der Waals surface area contributed by atoms with E-state index >= 15 is 0 Å². The summed E-state index contributed by atoms with van der Waals surface area (Å²) in [7, 11) is 0. The molecule has 0 saturated carbocycles. The van der Waals surface area contributed by atoms with Crippen molar-refractivity contribution < 1.29 is 14.6 Å². The molecule has 0 heterocycles. The van der Waals surface area contributed by atoms with Gasteiger partial charge in [-0.05, 0) is 19.9 Å². The van der Waals surface area contributed by atoms with Crippen LogP contribution in [0.2, 0.25) is 0 Å². The molecule has 0 aliphatic heterocycles. The third-order valence-corrected chi connectivity index (χ3v) is 0.758. The lowest BCUT2D eigenvalue weighted by atomic mass is 10.5. The molecule has 0 aromatic rings. The van der Waals surface area contributed by atoms with Crippen LogP contribution >= 0.6 is 0 Å². The molecule has 0 bridgehead atoms. The Labute approximate surface area is 53.9 Å². The molecule has 3 heteroatoms. The predicted molar refractivity (Wildman–Crippen MR) is 33.0 cm³/mol. The third-order valence-electron chi connectivity index (χ3n) is 0.758. The van der Waals surface area contributed by atoms with Crippen molar-refractivity contribution in [3.8, 4) is 0 Å². The smallest absolute Gasteiger partial charge is 0.372 e. The summed E-state index contributed by atoms with van der Waals surface area (Å²) in [6.07, 6.45) is 1.29. The Kier molecular flexibility index (Phi) is 3.51. The lowest BCUT2D eigenvalue weighted by Crippen LogP contribution is -2.06. The van der Waals surface area contributed by atoms with Crippen LogP contribution in [0, 0.1) is 0 Å². The molecule has 3 nitrogen and oxygen atoms in total. The molecule has 0 aromatic carbocycles. The highest BCUT2D eigenvalue weighted by Gasteiger charge is 2.04. The highest BCUT2D eigenvalue weighted by Crippen LogP contribution is 1.90. The van der Waals surface area contributed by atoms with E-state index in [4.69, 9.17) is 5.11 Å². The van der Waals surface area contributed by atoms with Crippen LogP contribution in [0.1, 0.15) is 13.8 Å². The topological polar surface area (TPSA) is 46.5 Å². The second-order valence-electron chi connectivity index (χ2n) is 1.39. The standard InChI is InChI=1S/C6H10O3/c1-3-5(7)6(8)9-4-2/h3,7H,4H2,1-2H3/b5-3+. The molecule has 0 aliphatic rings. The number of rotatable bonds is 2. The molecule has 52 valence electrons. The summed E-state index contributed by atoms with van der Waals surface area (Å²) in [4.78, 5) is 10.4. The zero-order chi connectivity index (χ0) is 7.28. The fourth-order valence-electron chi connectivity index (χ4n) is 0.323. The van der Waals surface area contributed by atoms with Gasteiger partial charge < -0.3 is 9.84 Å². The Morgan fingerprint density at radius 1 is 1.78 bits per heavy atom. The van der Waals surface area contributed by atoms with Gasteiger partial charge >= 0.3 is 5.97 Å². The Bertz CT molecular complexity index is 126. The Balaban J connectivity index is 3.74. The quantitative estimate of drug-likeness (QED) is 0.344. The molecule has 0 unspecified atom stereocenters. The summed E-state index contributed by atoms with van der Waals surface area (Å²) in [6.45, 7) is 3.53. The minimum Gasteiger partial charge on any atom is -0.502 e. The molecule has 1 N–H and O–H groups in total. The number of hydrogen-bond donors (Lipinski definition) is 1. The zero-order valence-corrected chi connectivity index (χ0v) is 5.55. The minimum atomic E-state index is -0.667. The van der Waals surface area contributed by atoms with Crippen LogP contribution < -0.4 is 0 Å². The maximum absolute atomic E-state index is 10.4. The van der Waals surface area contributed by atoms with Gasteiger partial charge in [-0.2, -0.15) is 0 Å². The van der Waals surface area contributed by atoms with Crippen LogP contribution in [0.15, 0.2) is 11.8 Å². The first kappa shape index (κ1) is 8.01. The van der Waals surface area contributed by atoms with Crippen molar-refractivity contribution in [1.82, 2.24) is 0 Å². The maximum atomic E-state index is 10.4. The van der Waals surface area contributed by atoms with Crippen LogP contribution in [0.25, 0.3) is 0 Å². The highest BCUT2D eigenvalue weighted by atomic mass is 16.5. The van der Waals surface area contributed by atoms with E-state index in [-0.39, 0.29) is 12.4 Å². The Morgan fingerprint density at radius 3 is 2.67 bits per heavy atom. The SMILES string of the molecule is C/C=C(/O)C(=O)OCC. The first-order chi connectivity index (χ1) is 4.22. The third kappa shape index (κ3) is 2.74. The molecule has 0 spiro atoms. The monoisotopic (exact) mass is 130 g/mol. The fraction of sp³-hybridized carbons (Fsp3) is 0.500. The second kappa shape index (κ2) is 3.95. The van der Waals surface area contributed by atoms with E-state index in [9.17, 15) is 4.79 Å². The predicted octanol–water partition coefficient (Wildman–Crippen LogP) is 1.01. The summed E-state index contributed by atoms with van der Waals surface area (Å²) in [5.41, 5.74) is 0. The summed E-state index contributed by atoms with van der Waals surface area (Å²) in [5, 5.41) is 8.64. The van der Waals surface area contributed by atoms with Crippen LogP contribution in [-0.4, -0.2) is 17.7 Å². The molecule has 0 radical (unpaired) electrons. The van der Waals surface area contributed by atoms with Crippen molar-refractivity contribution in [2.24, 2.45) is 0 Å². The summed E-state index contributed by atoms with van der Waals surface area (Å²) in [5.74, 6) is -1.00. The van der Waals surface area contributed by atoms with E-state index in [1.807, 2.05) is 0 Å². The lowest BCUT2D eigenvalue weighted by molar-refractivity contribution is -0.141. The van der Waals surface area contributed by atoms with Gasteiger partial charge in [-0.25, -0.2) is 4.79 Å². The molecule has 0 aliphatic carbocycles. The Morgan fingerprint density at radius 2 is 2.33 bits per heavy atom. The van der Waals surface area contributed by atoms with Crippen molar-refractivity contribution in [1.29, 1.82) is 0 Å². The summed E-state index contributed by atoms with van der Waals surface area (Å²) >= 11 is 0. The van der Waals surface area contributed by atoms with E-state index < -0.39 is 5.97 Å². The van der Waals surface area contributed by atoms with Gasteiger partial charge in [0.1, 0.15) is 0 Å². The number of ether oxygens (including phenoxy) is 1. The van der Waals surface area contributed by atoms with E-state index in [1.54, 1.807) is 13.8 Å². The molecule has 0 saturated heterocycles. The van der Waals surface area contributed by atoms with Gasteiger partial charge in [0, 0.05) is 0 Å². The number of carbonyl (C=O) groups is 1. The number of hydrogen-bond acceptors (Lipinski definition) is 3. The van der Waals surface area contributed by atoms with Gasteiger partial charge in [0.15, 0.2) is 5.76 Å². The van der Waals surface area contributed by atoms with Crippen LogP contribution in [0.4, 0.5) is 0 Å². The van der Waals surface area contributed by atoms with Crippen molar-refractivity contribution in [2.75, 3.05) is 6.61 Å². The normalized spacial score (nSPS) is 11.1. The lowest BCUT2D eigenvalue weighted by Gasteiger charge is -1.97. The number of esters is 1.